The molecule has 1 aromatic carbocycles. The molecule has 1 atom stereocenters. The predicted molar refractivity (Wildman–Crippen MR) is 97.9 cm³/mol. The summed E-state index contributed by atoms with van der Waals surface area (Å²) in [5.74, 6) is 2.39. The normalized spacial score (nSPS) is 20.3. The molecule has 140 valence electrons. The lowest BCUT2D eigenvalue weighted by Gasteiger charge is -2.23. The van der Waals surface area contributed by atoms with Gasteiger partial charge in [-0.05, 0) is 37.8 Å². The van der Waals surface area contributed by atoms with Gasteiger partial charge in [-0.15, -0.1) is 12.4 Å². The number of amides is 1. The van der Waals surface area contributed by atoms with Gasteiger partial charge >= 0.3 is 0 Å². The molecular formula is C18H27ClN2O4. The zero-order chi connectivity index (χ0) is 17.0. The van der Waals surface area contributed by atoms with Gasteiger partial charge in [0.2, 0.25) is 5.91 Å². The SMILES string of the molecule is COc1cc(OC)cc(OCCNC(=O)C2CC23CCNCC3)c1.Cl. The predicted octanol–water partition coefficient (Wildman–Crippen LogP) is 2.01. The molecule has 2 aliphatic rings. The Kier molecular flexibility index (Phi) is 6.79. The first-order chi connectivity index (χ1) is 11.7. The first kappa shape index (κ1) is 19.7. The molecule has 1 aromatic rings. The molecule has 1 heterocycles. The highest BCUT2D eigenvalue weighted by Crippen LogP contribution is 2.58. The minimum absolute atomic E-state index is 0. The average molecular weight is 371 g/mol. The Labute approximate surface area is 155 Å². The van der Waals surface area contributed by atoms with Crippen LogP contribution in [0.5, 0.6) is 17.2 Å². The molecule has 2 N–H and O–H groups in total. The summed E-state index contributed by atoms with van der Waals surface area (Å²) in [5, 5.41) is 6.35. The van der Waals surface area contributed by atoms with E-state index in [1.807, 2.05) is 0 Å². The van der Waals surface area contributed by atoms with E-state index in [9.17, 15) is 4.79 Å². The van der Waals surface area contributed by atoms with E-state index in [1.54, 1.807) is 32.4 Å². The van der Waals surface area contributed by atoms with Crippen molar-refractivity contribution in [2.45, 2.75) is 19.3 Å². The number of ether oxygens (including phenoxy) is 3. The molecule has 1 aliphatic carbocycles. The monoisotopic (exact) mass is 370 g/mol. The number of benzene rings is 1. The van der Waals surface area contributed by atoms with Crippen LogP contribution in [0.1, 0.15) is 19.3 Å². The number of hydrogen-bond donors (Lipinski definition) is 2. The maximum absolute atomic E-state index is 12.3. The number of carbonyl (C=O) groups is 1. The van der Waals surface area contributed by atoms with Gasteiger partial charge < -0.3 is 24.8 Å². The molecule has 3 rings (SSSR count). The second kappa shape index (κ2) is 8.63. The topological polar surface area (TPSA) is 68.8 Å². The van der Waals surface area contributed by atoms with Crippen molar-refractivity contribution in [1.82, 2.24) is 10.6 Å². The number of hydrogen-bond acceptors (Lipinski definition) is 5. The number of methoxy groups -OCH3 is 2. The van der Waals surface area contributed by atoms with Crippen molar-refractivity contribution in [3.63, 3.8) is 0 Å². The molecule has 7 heteroatoms. The summed E-state index contributed by atoms with van der Waals surface area (Å²) in [5.41, 5.74) is 0.274. The molecule has 1 spiro atoms. The third-order valence-corrected chi connectivity index (χ3v) is 5.10. The van der Waals surface area contributed by atoms with Crippen LogP contribution >= 0.6 is 12.4 Å². The van der Waals surface area contributed by atoms with Crippen molar-refractivity contribution in [3.8, 4) is 17.2 Å². The van der Waals surface area contributed by atoms with Crippen molar-refractivity contribution < 1.29 is 19.0 Å². The standard InChI is InChI=1S/C18H26N2O4.ClH/c1-22-13-9-14(23-2)11-15(10-13)24-8-7-20-17(21)16-12-18(16)3-5-19-6-4-18;/h9-11,16,19H,3-8,12H2,1-2H3,(H,20,21);1H. The molecule has 2 fully saturated rings. The minimum Gasteiger partial charge on any atom is -0.496 e. The van der Waals surface area contributed by atoms with E-state index >= 15 is 0 Å². The highest BCUT2D eigenvalue weighted by atomic mass is 35.5. The Morgan fingerprint density at radius 2 is 1.76 bits per heavy atom. The van der Waals surface area contributed by atoms with E-state index in [0.717, 1.165) is 32.4 Å². The van der Waals surface area contributed by atoms with Crippen LogP contribution in [-0.4, -0.2) is 46.4 Å². The van der Waals surface area contributed by atoms with Gasteiger partial charge in [-0.2, -0.15) is 0 Å². The summed E-state index contributed by atoms with van der Waals surface area (Å²) in [6.07, 6.45) is 3.27. The minimum atomic E-state index is 0. The molecule has 0 aromatic heterocycles. The Morgan fingerprint density at radius 1 is 1.16 bits per heavy atom. The average Bonchev–Trinajstić information content (AvgIpc) is 3.31. The largest absolute Gasteiger partial charge is 0.496 e. The van der Waals surface area contributed by atoms with Crippen LogP contribution in [-0.2, 0) is 4.79 Å². The Hall–Kier alpha value is -1.66. The molecule has 1 amide bonds. The third-order valence-electron chi connectivity index (χ3n) is 5.10. The molecule has 1 saturated carbocycles. The lowest BCUT2D eigenvalue weighted by molar-refractivity contribution is -0.123. The maximum atomic E-state index is 12.3. The Bertz CT molecular complexity index is 568. The molecule has 0 bridgehead atoms. The van der Waals surface area contributed by atoms with E-state index in [1.165, 1.54) is 0 Å². The van der Waals surface area contributed by atoms with Crippen molar-refractivity contribution in [1.29, 1.82) is 0 Å². The van der Waals surface area contributed by atoms with Crippen LogP contribution in [0.2, 0.25) is 0 Å². The van der Waals surface area contributed by atoms with E-state index in [2.05, 4.69) is 10.6 Å². The third kappa shape index (κ3) is 4.70. The molecular weight excluding hydrogens is 344 g/mol. The smallest absolute Gasteiger partial charge is 0.223 e. The van der Waals surface area contributed by atoms with Crippen LogP contribution in [0.4, 0.5) is 0 Å². The summed E-state index contributed by atoms with van der Waals surface area (Å²) in [6, 6.07) is 5.39. The summed E-state index contributed by atoms with van der Waals surface area (Å²) >= 11 is 0. The summed E-state index contributed by atoms with van der Waals surface area (Å²) in [7, 11) is 3.20. The molecule has 25 heavy (non-hydrogen) atoms. The van der Waals surface area contributed by atoms with Gasteiger partial charge in [-0.3, -0.25) is 4.79 Å². The molecule has 1 unspecified atom stereocenters. The number of piperidine rings is 1. The Morgan fingerprint density at radius 3 is 2.36 bits per heavy atom. The van der Waals surface area contributed by atoms with Gasteiger partial charge in [0.15, 0.2) is 0 Å². The lowest BCUT2D eigenvalue weighted by Crippen LogP contribution is -2.35. The number of nitrogens with one attached hydrogen (secondary N) is 2. The van der Waals surface area contributed by atoms with Crippen molar-refractivity contribution >= 4 is 18.3 Å². The van der Waals surface area contributed by atoms with E-state index in [-0.39, 0.29) is 29.6 Å². The molecule has 1 aliphatic heterocycles. The molecule has 6 nitrogen and oxygen atoms in total. The zero-order valence-corrected chi connectivity index (χ0v) is 15.6. The zero-order valence-electron chi connectivity index (χ0n) is 14.8. The Balaban J connectivity index is 0.00000225. The number of carbonyl (C=O) groups excluding carboxylic acids is 1. The second-order valence-electron chi connectivity index (χ2n) is 6.56. The highest BCUT2D eigenvalue weighted by Gasteiger charge is 2.57. The van der Waals surface area contributed by atoms with Crippen LogP contribution in [0, 0.1) is 11.3 Å². The van der Waals surface area contributed by atoms with Crippen molar-refractivity contribution in [2.75, 3.05) is 40.5 Å². The first-order valence-corrected chi connectivity index (χ1v) is 8.51. The molecule has 1 saturated heterocycles. The maximum Gasteiger partial charge on any atom is 0.223 e. The number of halogens is 1. The second-order valence-corrected chi connectivity index (χ2v) is 6.56. The lowest BCUT2D eigenvalue weighted by atomic mass is 9.92. The highest BCUT2D eigenvalue weighted by molar-refractivity contribution is 5.85. The van der Waals surface area contributed by atoms with E-state index in [0.29, 0.717) is 30.4 Å². The summed E-state index contributed by atoms with van der Waals surface area (Å²) in [4.78, 5) is 12.3. The fourth-order valence-corrected chi connectivity index (χ4v) is 3.53. The summed E-state index contributed by atoms with van der Waals surface area (Å²) in [6.45, 7) is 2.99. The summed E-state index contributed by atoms with van der Waals surface area (Å²) < 4.78 is 16.1. The van der Waals surface area contributed by atoms with Crippen molar-refractivity contribution in [2.24, 2.45) is 11.3 Å². The van der Waals surface area contributed by atoms with Gasteiger partial charge in [0.05, 0.1) is 20.8 Å². The van der Waals surface area contributed by atoms with Crippen LogP contribution in [0.3, 0.4) is 0 Å². The number of rotatable bonds is 7. The first-order valence-electron chi connectivity index (χ1n) is 8.51. The van der Waals surface area contributed by atoms with Gasteiger partial charge in [-0.1, -0.05) is 0 Å². The van der Waals surface area contributed by atoms with E-state index in [4.69, 9.17) is 14.2 Å². The van der Waals surface area contributed by atoms with Crippen molar-refractivity contribution in [3.05, 3.63) is 18.2 Å². The fraction of sp³-hybridized carbons (Fsp3) is 0.611. The van der Waals surface area contributed by atoms with Gasteiger partial charge in [0, 0.05) is 24.1 Å². The van der Waals surface area contributed by atoms with Gasteiger partial charge in [0.1, 0.15) is 23.9 Å². The van der Waals surface area contributed by atoms with E-state index < -0.39 is 0 Å². The van der Waals surface area contributed by atoms with Crippen LogP contribution in [0.15, 0.2) is 18.2 Å². The van der Waals surface area contributed by atoms with Crippen LogP contribution in [0.25, 0.3) is 0 Å². The van der Waals surface area contributed by atoms with Gasteiger partial charge in [0.25, 0.3) is 0 Å². The fourth-order valence-electron chi connectivity index (χ4n) is 3.53. The molecule has 0 radical (unpaired) electrons. The quantitative estimate of drug-likeness (QED) is 0.718. The van der Waals surface area contributed by atoms with Crippen LogP contribution < -0.4 is 24.8 Å². The van der Waals surface area contributed by atoms with Gasteiger partial charge in [-0.25, -0.2) is 0 Å².